The highest BCUT2D eigenvalue weighted by atomic mass is 16.2. The highest BCUT2D eigenvalue weighted by molar-refractivity contribution is 6.36. The summed E-state index contributed by atoms with van der Waals surface area (Å²) in [6, 6.07) is 11.6. The van der Waals surface area contributed by atoms with E-state index in [-0.39, 0.29) is 0 Å². The summed E-state index contributed by atoms with van der Waals surface area (Å²) in [5.74, 6) is 1.75. The predicted molar refractivity (Wildman–Crippen MR) is 141 cm³/mol. The van der Waals surface area contributed by atoms with Gasteiger partial charge in [0.05, 0.1) is 5.52 Å². The molecule has 34 heavy (non-hydrogen) atoms. The van der Waals surface area contributed by atoms with E-state index in [1.807, 2.05) is 13.1 Å². The fourth-order valence-corrected chi connectivity index (χ4v) is 5.31. The summed E-state index contributed by atoms with van der Waals surface area (Å²) in [6.07, 6.45) is 11.9. The number of aromatic nitrogens is 4. The summed E-state index contributed by atoms with van der Waals surface area (Å²) >= 11 is 0. The SMILES string of the molecule is CO.[B]c1ncnc2c1ccn2C1CCC(CCc2ccc3cc(CCC)c(NC)nc3c2)C1. The summed E-state index contributed by atoms with van der Waals surface area (Å²) in [5.41, 5.74) is 5.30. The molecule has 1 saturated carbocycles. The normalized spacial score (nSPS) is 17.6. The molecule has 2 radical (unpaired) electrons. The Morgan fingerprint density at radius 2 is 1.97 bits per heavy atom. The van der Waals surface area contributed by atoms with Crippen molar-refractivity contribution < 1.29 is 5.11 Å². The zero-order valence-electron chi connectivity index (χ0n) is 20.5. The Hall–Kier alpha value is -2.93. The molecule has 1 aliphatic carbocycles. The van der Waals surface area contributed by atoms with E-state index in [2.05, 4.69) is 57.2 Å². The van der Waals surface area contributed by atoms with Crippen molar-refractivity contribution in [2.24, 2.45) is 5.92 Å². The maximum Gasteiger partial charge on any atom is 0.142 e. The highest BCUT2D eigenvalue weighted by Crippen LogP contribution is 2.38. The van der Waals surface area contributed by atoms with Gasteiger partial charge in [0.1, 0.15) is 25.6 Å². The van der Waals surface area contributed by atoms with Crippen LogP contribution in [-0.4, -0.2) is 46.6 Å². The van der Waals surface area contributed by atoms with E-state index in [0.717, 1.165) is 54.7 Å². The fraction of sp³-hybridized carbons (Fsp3) is 0.444. The van der Waals surface area contributed by atoms with Crippen molar-refractivity contribution in [3.8, 4) is 0 Å². The monoisotopic (exact) mass is 455 g/mol. The van der Waals surface area contributed by atoms with Gasteiger partial charge in [-0.15, -0.1) is 0 Å². The third kappa shape index (κ3) is 4.95. The molecule has 0 bridgehead atoms. The average Bonchev–Trinajstić information content (AvgIpc) is 3.51. The van der Waals surface area contributed by atoms with E-state index < -0.39 is 0 Å². The van der Waals surface area contributed by atoms with Gasteiger partial charge in [0.25, 0.3) is 0 Å². The van der Waals surface area contributed by atoms with Gasteiger partial charge in [0.2, 0.25) is 0 Å². The van der Waals surface area contributed by atoms with Crippen molar-refractivity contribution in [2.45, 2.75) is 57.9 Å². The molecule has 7 heteroatoms. The van der Waals surface area contributed by atoms with Crippen LogP contribution in [0.5, 0.6) is 0 Å². The van der Waals surface area contributed by atoms with Gasteiger partial charge in [-0.2, -0.15) is 0 Å². The van der Waals surface area contributed by atoms with Crippen molar-refractivity contribution in [3.05, 3.63) is 54.0 Å². The van der Waals surface area contributed by atoms with Gasteiger partial charge in [-0.1, -0.05) is 25.5 Å². The van der Waals surface area contributed by atoms with Crippen LogP contribution in [0.3, 0.4) is 0 Å². The van der Waals surface area contributed by atoms with Gasteiger partial charge in [-0.3, -0.25) is 4.98 Å². The topological polar surface area (TPSA) is 75.9 Å². The highest BCUT2D eigenvalue weighted by Gasteiger charge is 2.26. The van der Waals surface area contributed by atoms with E-state index in [1.165, 1.54) is 42.2 Å². The smallest absolute Gasteiger partial charge is 0.142 e. The second-order valence-electron chi connectivity index (χ2n) is 9.11. The summed E-state index contributed by atoms with van der Waals surface area (Å²) in [4.78, 5) is 13.5. The number of fused-ring (bicyclic) bond motifs is 2. The first-order chi connectivity index (χ1) is 16.7. The van der Waals surface area contributed by atoms with Crippen molar-refractivity contribution in [1.82, 2.24) is 19.5 Å². The molecule has 0 saturated heterocycles. The lowest BCUT2D eigenvalue weighted by atomic mass is 9.97. The number of aliphatic hydroxyl groups is 1. The quantitative estimate of drug-likeness (QED) is 0.406. The van der Waals surface area contributed by atoms with Gasteiger partial charge < -0.3 is 15.0 Å². The largest absolute Gasteiger partial charge is 0.400 e. The molecule has 5 rings (SSSR count). The number of nitrogens with one attached hydrogen (secondary N) is 1. The molecule has 6 nitrogen and oxygen atoms in total. The Balaban J connectivity index is 0.00000133. The van der Waals surface area contributed by atoms with Crippen molar-refractivity contribution >= 4 is 41.2 Å². The summed E-state index contributed by atoms with van der Waals surface area (Å²) in [6.45, 7) is 2.21. The van der Waals surface area contributed by atoms with Gasteiger partial charge in [0, 0.05) is 42.8 Å². The molecule has 3 heterocycles. The molecule has 2 atom stereocenters. The zero-order chi connectivity index (χ0) is 24.1. The average molecular weight is 455 g/mol. The second-order valence-corrected chi connectivity index (χ2v) is 9.11. The Morgan fingerprint density at radius 3 is 2.76 bits per heavy atom. The molecular formula is C27H34BN5O. The van der Waals surface area contributed by atoms with E-state index in [1.54, 1.807) is 6.33 Å². The lowest BCUT2D eigenvalue weighted by molar-refractivity contribution is 0.399. The second kappa shape index (κ2) is 11.0. The first kappa shape index (κ1) is 24.2. The summed E-state index contributed by atoms with van der Waals surface area (Å²) < 4.78 is 2.31. The molecule has 2 unspecified atom stereocenters. The van der Waals surface area contributed by atoms with E-state index in [9.17, 15) is 0 Å². The van der Waals surface area contributed by atoms with Crippen LogP contribution in [0.1, 0.15) is 56.2 Å². The first-order valence-electron chi connectivity index (χ1n) is 12.3. The van der Waals surface area contributed by atoms with Crippen LogP contribution in [-0.2, 0) is 12.8 Å². The number of aryl methyl sites for hydroxylation is 2. The maximum absolute atomic E-state index is 7.00. The van der Waals surface area contributed by atoms with E-state index in [4.69, 9.17) is 17.9 Å². The van der Waals surface area contributed by atoms with Crippen molar-refractivity contribution in [3.63, 3.8) is 0 Å². The third-order valence-corrected chi connectivity index (χ3v) is 7.01. The van der Waals surface area contributed by atoms with Gasteiger partial charge in [0.15, 0.2) is 0 Å². The van der Waals surface area contributed by atoms with Crippen molar-refractivity contribution in [1.29, 1.82) is 0 Å². The van der Waals surface area contributed by atoms with Gasteiger partial charge >= 0.3 is 0 Å². The van der Waals surface area contributed by atoms with E-state index in [0.29, 0.717) is 11.6 Å². The molecule has 0 amide bonds. The van der Waals surface area contributed by atoms with Crippen LogP contribution in [0.15, 0.2) is 42.9 Å². The van der Waals surface area contributed by atoms with Crippen LogP contribution in [0.2, 0.25) is 0 Å². The lowest BCUT2D eigenvalue weighted by Gasteiger charge is -2.15. The molecule has 1 aromatic carbocycles. The minimum absolute atomic E-state index is 0.500. The number of nitrogens with zero attached hydrogens (tertiary/aromatic N) is 4. The van der Waals surface area contributed by atoms with Crippen molar-refractivity contribution in [2.75, 3.05) is 19.5 Å². The summed E-state index contributed by atoms with van der Waals surface area (Å²) in [7, 11) is 8.98. The number of hydrogen-bond acceptors (Lipinski definition) is 5. The zero-order valence-corrected chi connectivity index (χ0v) is 20.5. The molecule has 3 aromatic heterocycles. The number of aliphatic hydroxyl groups excluding tert-OH is 1. The molecule has 2 N–H and O–H groups in total. The molecule has 1 fully saturated rings. The number of hydrogen-bond donors (Lipinski definition) is 2. The lowest BCUT2D eigenvalue weighted by Crippen LogP contribution is -2.11. The standard InChI is InChI=1S/C26H30BN5.CH4O/c1-3-4-20-15-19-9-7-18(14-23(19)31-25(20)28-2)6-5-17-8-10-21(13-17)32-12-11-22-24(27)29-16-30-26(22)32;1-2/h7,9,11-12,14-17,21H,3-6,8,10,13H2,1-2H3,(H,28,31);2H,1H3. The third-order valence-electron chi connectivity index (χ3n) is 7.01. The van der Waals surface area contributed by atoms with Crippen LogP contribution >= 0.6 is 0 Å². The van der Waals surface area contributed by atoms with E-state index >= 15 is 0 Å². The molecule has 0 aliphatic heterocycles. The maximum atomic E-state index is 7.00. The molecule has 1 aliphatic rings. The minimum atomic E-state index is 0.500. The minimum Gasteiger partial charge on any atom is -0.400 e. The van der Waals surface area contributed by atoms with Crippen LogP contribution in [0.4, 0.5) is 5.82 Å². The number of pyridine rings is 1. The molecule has 176 valence electrons. The van der Waals surface area contributed by atoms with Crippen LogP contribution in [0, 0.1) is 5.92 Å². The first-order valence-corrected chi connectivity index (χ1v) is 12.3. The molecule has 0 spiro atoms. The van der Waals surface area contributed by atoms with Crippen LogP contribution < -0.4 is 10.9 Å². The Labute approximate surface area is 203 Å². The van der Waals surface area contributed by atoms with Gasteiger partial charge in [-0.25, -0.2) is 9.97 Å². The summed E-state index contributed by atoms with van der Waals surface area (Å²) in [5, 5.41) is 12.5. The Kier molecular flexibility index (Phi) is 7.83. The molecular weight excluding hydrogens is 421 g/mol. The van der Waals surface area contributed by atoms with Gasteiger partial charge in [-0.05, 0) is 73.8 Å². The predicted octanol–water partition coefficient (Wildman–Crippen LogP) is 4.35. The number of anilines is 1. The Morgan fingerprint density at radius 1 is 1.12 bits per heavy atom. The molecule has 4 aromatic rings. The van der Waals surface area contributed by atoms with Crippen LogP contribution in [0.25, 0.3) is 21.9 Å². The fourth-order valence-electron chi connectivity index (χ4n) is 5.31. The number of rotatable bonds is 7. The Bertz CT molecular complexity index is 1250. The number of benzene rings is 1.